The Labute approximate surface area is 204 Å². The van der Waals surface area contributed by atoms with Gasteiger partial charge in [0, 0.05) is 49.8 Å². The number of aryl methyl sites for hydroxylation is 1. The number of alkyl halides is 3. The lowest BCUT2D eigenvalue weighted by Crippen LogP contribution is -2.43. The summed E-state index contributed by atoms with van der Waals surface area (Å²) in [6.45, 7) is 8.04. The van der Waals surface area contributed by atoms with Gasteiger partial charge in [-0.1, -0.05) is 13.2 Å². The molecule has 0 unspecified atom stereocenters. The summed E-state index contributed by atoms with van der Waals surface area (Å²) in [4.78, 5) is 14.1. The van der Waals surface area contributed by atoms with Crippen molar-refractivity contribution in [2.75, 3.05) is 25.0 Å². The number of anilines is 1. The van der Waals surface area contributed by atoms with E-state index in [1.165, 1.54) is 13.0 Å². The predicted octanol–water partition coefficient (Wildman–Crippen LogP) is 4.38. The van der Waals surface area contributed by atoms with Crippen LogP contribution in [0.2, 0.25) is 0 Å². The van der Waals surface area contributed by atoms with Gasteiger partial charge in [-0.2, -0.15) is 18.3 Å². The Morgan fingerprint density at radius 2 is 1.94 bits per heavy atom. The van der Waals surface area contributed by atoms with Crippen molar-refractivity contribution in [2.24, 2.45) is 0 Å². The molecule has 0 aliphatic carbocycles. The summed E-state index contributed by atoms with van der Waals surface area (Å²) in [6, 6.07) is 3.98. The van der Waals surface area contributed by atoms with Gasteiger partial charge in [0.25, 0.3) is 0 Å². The van der Waals surface area contributed by atoms with Gasteiger partial charge in [-0.15, -0.1) is 10.2 Å². The van der Waals surface area contributed by atoms with Crippen molar-refractivity contribution >= 4 is 11.7 Å². The first-order valence-electron chi connectivity index (χ1n) is 11.0. The van der Waals surface area contributed by atoms with E-state index >= 15 is 0 Å². The van der Waals surface area contributed by atoms with E-state index in [1.807, 2.05) is 0 Å². The third kappa shape index (κ3) is 6.89. The molecular formula is C23H25F5N6O2. The highest BCUT2D eigenvalue weighted by atomic mass is 19.4. The first kappa shape index (κ1) is 26.8. The van der Waals surface area contributed by atoms with Crippen molar-refractivity contribution in [1.82, 2.24) is 24.9 Å². The number of halogens is 5. The number of carbonyl (C=O) groups is 1. The molecule has 2 aromatic rings. The summed E-state index contributed by atoms with van der Waals surface area (Å²) < 4.78 is 72.3. The zero-order valence-corrected chi connectivity index (χ0v) is 19.5. The molecule has 1 amide bonds. The first-order valence-corrected chi connectivity index (χ1v) is 11.0. The Morgan fingerprint density at radius 3 is 2.47 bits per heavy atom. The minimum absolute atomic E-state index is 0.204. The maximum Gasteiger partial charge on any atom is 0.435 e. The van der Waals surface area contributed by atoms with Crippen LogP contribution in [0.25, 0.3) is 0 Å². The minimum atomic E-state index is -4.57. The second-order valence-electron chi connectivity index (χ2n) is 8.07. The Kier molecular flexibility index (Phi) is 8.43. The van der Waals surface area contributed by atoms with E-state index in [1.54, 1.807) is 11.0 Å². The Morgan fingerprint density at radius 1 is 1.25 bits per heavy atom. The molecule has 0 spiro atoms. The number of piperidine rings is 1. The second kappa shape index (κ2) is 11.3. The number of hydrogen-bond acceptors (Lipinski definition) is 6. The smallest absolute Gasteiger partial charge is 0.435 e. The molecule has 1 fully saturated rings. The molecule has 0 bridgehead atoms. The molecule has 1 aliphatic rings. The van der Waals surface area contributed by atoms with Gasteiger partial charge < -0.3 is 15.0 Å². The average molecular weight is 512 g/mol. The maximum absolute atomic E-state index is 13.6. The summed E-state index contributed by atoms with van der Waals surface area (Å²) in [7, 11) is 0. The maximum atomic E-state index is 13.6. The molecule has 1 saturated heterocycles. The molecule has 3 rings (SSSR count). The highest BCUT2D eigenvalue weighted by molar-refractivity contribution is 5.76. The Bertz CT molecular complexity index is 1130. The zero-order chi connectivity index (χ0) is 26.5. The number of rotatable bonds is 9. The van der Waals surface area contributed by atoms with E-state index in [-0.39, 0.29) is 48.1 Å². The summed E-state index contributed by atoms with van der Waals surface area (Å²) in [6.07, 6.45) is -2.94. The molecule has 36 heavy (non-hydrogen) atoms. The van der Waals surface area contributed by atoms with E-state index < -0.39 is 23.5 Å². The lowest BCUT2D eigenvalue weighted by molar-refractivity contribution is -0.142. The molecule has 13 heteroatoms. The predicted molar refractivity (Wildman–Crippen MR) is 121 cm³/mol. The number of nitrogens with zero attached hydrogens (tertiary/aromatic N) is 5. The highest BCUT2D eigenvalue weighted by Gasteiger charge is 2.35. The van der Waals surface area contributed by atoms with Crippen LogP contribution in [0.1, 0.15) is 24.2 Å². The lowest BCUT2D eigenvalue weighted by atomic mass is 10.1. The SMILES string of the molecule is C=C/C(F)=C(/CNc1ccc(OC2CCN(C(=O)Cn3nc(C(F)(F)F)cc3C)CC2)nn1)C(=C)F. The standard InChI is InChI=1S/C23H25F5N6O2/c1-4-18(25)17(15(3)24)12-29-20-5-6-21(31-30-20)36-16-7-9-33(10-8-16)22(35)13-34-14(2)11-19(32-34)23(26,27)28/h4-6,11,16H,1,3,7-10,12-13H2,2H3,(H,29,30)/b18-17+. The number of hydrogen-bond donors (Lipinski definition) is 1. The number of carbonyl (C=O) groups excluding carboxylic acids is 1. The van der Waals surface area contributed by atoms with Gasteiger partial charge >= 0.3 is 6.18 Å². The molecule has 0 aromatic carbocycles. The van der Waals surface area contributed by atoms with Crippen LogP contribution in [-0.2, 0) is 17.5 Å². The topological polar surface area (TPSA) is 85.2 Å². The van der Waals surface area contributed by atoms with Crippen molar-refractivity contribution in [3.05, 3.63) is 66.0 Å². The van der Waals surface area contributed by atoms with E-state index in [9.17, 15) is 26.7 Å². The van der Waals surface area contributed by atoms with Crippen molar-refractivity contribution < 1.29 is 31.5 Å². The number of allylic oxidation sites excluding steroid dienone is 2. The molecular weight excluding hydrogens is 487 g/mol. The quantitative estimate of drug-likeness (QED) is 0.397. The molecule has 1 N–H and O–H groups in total. The van der Waals surface area contributed by atoms with Crippen LogP contribution in [0.4, 0.5) is 27.8 Å². The van der Waals surface area contributed by atoms with Crippen LogP contribution in [0.3, 0.4) is 0 Å². The molecule has 0 saturated carbocycles. The molecule has 2 aromatic heterocycles. The van der Waals surface area contributed by atoms with Crippen molar-refractivity contribution in [1.29, 1.82) is 0 Å². The fourth-order valence-electron chi connectivity index (χ4n) is 3.52. The van der Waals surface area contributed by atoms with Gasteiger partial charge in [0.2, 0.25) is 11.8 Å². The minimum Gasteiger partial charge on any atom is -0.473 e. The van der Waals surface area contributed by atoms with Crippen LogP contribution in [0.15, 0.2) is 54.7 Å². The van der Waals surface area contributed by atoms with E-state index in [2.05, 4.69) is 33.8 Å². The molecule has 8 nitrogen and oxygen atoms in total. The summed E-state index contributed by atoms with van der Waals surface area (Å²) in [5.74, 6) is -1.59. The molecule has 3 heterocycles. The number of nitrogens with one attached hydrogen (secondary N) is 1. The van der Waals surface area contributed by atoms with Crippen LogP contribution in [-0.4, -0.2) is 56.5 Å². The third-order valence-corrected chi connectivity index (χ3v) is 5.52. The van der Waals surface area contributed by atoms with Gasteiger partial charge in [0.05, 0.1) is 0 Å². The number of amides is 1. The highest BCUT2D eigenvalue weighted by Crippen LogP contribution is 2.28. The number of likely N-dealkylation sites (tertiary alicyclic amines) is 1. The van der Waals surface area contributed by atoms with E-state index in [0.29, 0.717) is 25.9 Å². The zero-order valence-electron chi connectivity index (χ0n) is 19.5. The lowest BCUT2D eigenvalue weighted by Gasteiger charge is -2.32. The number of aromatic nitrogens is 4. The van der Waals surface area contributed by atoms with Crippen LogP contribution >= 0.6 is 0 Å². The summed E-state index contributed by atoms with van der Waals surface area (Å²) >= 11 is 0. The monoisotopic (exact) mass is 512 g/mol. The summed E-state index contributed by atoms with van der Waals surface area (Å²) in [5, 5.41) is 14.1. The first-order chi connectivity index (χ1) is 17.0. The molecule has 0 atom stereocenters. The van der Waals surface area contributed by atoms with Crippen LogP contribution in [0, 0.1) is 6.92 Å². The van der Waals surface area contributed by atoms with Gasteiger partial charge in [-0.3, -0.25) is 9.48 Å². The van der Waals surface area contributed by atoms with Gasteiger partial charge in [0.15, 0.2) is 5.69 Å². The van der Waals surface area contributed by atoms with E-state index in [0.717, 1.165) is 16.8 Å². The van der Waals surface area contributed by atoms with Gasteiger partial charge in [-0.05, 0) is 25.1 Å². The van der Waals surface area contributed by atoms with Gasteiger partial charge in [-0.25, -0.2) is 8.78 Å². The van der Waals surface area contributed by atoms with Gasteiger partial charge in [0.1, 0.15) is 30.1 Å². The third-order valence-electron chi connectivity index (χ3n) is 5.52. The average Bonchev–Trinajstić information content (AvgIpc) is 3.21. The molecule has 1 aliphatic heterocycles. The number of ether oxygens (including phenoxy) is 1. The van der Waals surface area contributed by atoms with Crippen LogP contribution < -0.4 is 10.1 Å². The van der Waals surface area contributed by atoms with Crippen LogP contribution in [0.5, 0.6) is 5.88 Å². The van der Waals surface area contributed by atoms with Crippen molar-refractivity contribution in [2.45, 2.75) is 38.6 Å². The molecule has 0 radical (unpaired) electrons. The van der Waals surface area contributed by atoms with Crippen molar-refractivity contribution in [3.63, 3.8) is 0 Å². The Balaban J connectivity index is 1.48. The second-order valence-corrected chi connectivity index (χ2v) is 8.07. The fourth-order valence-corrected chi connectivity index (χ4v) is 3.52. The van der Waals surface area contributed by atoms with Crippen molar-refractivity contribution in [3.8, 4) is 5.88 Å². The van der Waals surface area contributed by atoms with E-state index in [4.69, 9.17) is 4.74 Å². The fraction of sp³-hybridized carbons (Fsp3) is 0.391. The summed E-state index contributed by atoms with van der Waals surface area (Å²) in [5.41, 5.74) is -1.06. The normalized spacial score (nSPS) is 15.3. The Hall–Kier alpha value is -3.77. The largest absolute Gasteiger partial charge is 0.473 e. The molecule has 194 valence electrons.